The fourth-order valence-corrected chi connectivity index (χ4v) is 7.39. The van der Waals surface area contributed by atoms with Gasteiger partial charge in [0.05, 0.1) is 4.75 Å². The van der Waals surface area contributed by atoms with E-state index in [1.807, 2.05) is 48.2 Å². The Labute approximate surface area is 190 Å². The van der Waals surface area contributed by atoms with Gasteiger partial charge in [0, 0.05) is 16.2 Å². The van der Waals surface area contributed by atoms with Gasteiger partial charge in [-0.25, -0.2) is 8.78 Å². The summed E-state index contributed by atoms with van der Waals surface area (Å²) in [6.07, 6.45) is 2.36. The summed E-state index contributed by atoms with van der Waals surface area (Å²) in [6, 6.07) is 34.7. The Morgan fingerprint density at radius 3 is 1.78 bits per heavy atom. The SMILES string of the molecule is Fc1ccc(C2C3(c4ccc(F)cc4)C=C(c4ccccc4)SC23c2ccccc2)cc1. The molecular weight excluding hydrogens is 418 g/mol. The van der Waals surface area contributed by atoms with Crippen LogP contribution in [0, 0.1) is 11.6 Å². The third kappa shape index (κ3) is 2.67. The summed E-state index contributed by atoms with van der Waals surface area (Å²) in [5, 5.41) is 0. The van der Waals surface area contributed by atoms with Crippen LogP contribution < -0.4 is 0 Å². The highest BCUT2D eigenvalue weighted by Crippen LogP contribution is 2.85. The molecular formula is C29H20F2S. The molecule has 6 rings (SSSR count). The predicted molar refractivity (Wildman–Crippen MR) is 127 cm³/mol. The van der Waals surface area contributed by atoms with Crippen LogP contribution in [0.3, 0.4) is 0 Å². The molecule has 2 aliphatic rings. The molecule has 0 nitrogen and oxygen atoms in total. The van der Waals surface area contributed by atoms with Gasteiger partial charge in [0.1, 0.15) is 11.6 Å². The number of fused-ring (bicyclic) bond motifs is 1. The summed E-state index contributed by atoms with van der Waals surface area (Å²) in [5.41, 5.74) is 4.23. The lowest BCUT2D eigenvalue weighted by Crippen LogP contribution is -2.14. The molecule has 0 saturated heterocycles. The minimum absolute atomic E-state index is 0.112. The monoisotopic (exact) mass is 438 g/mol. The van der Waals surface area contributed by atoms with E-state index in [0.717, 1.165) is 11.1 Å². The molecule has 4 aromatic rings. The third-order valence-electron chi connectivity index (χ3n) is 6.81. The van der Waals surface area contributed by atoms with Gasteiger partial charge >= 0.3 is 0 Å². The van der Waals surface area contributed by atoms with Crippen molar-refractivity contribution in [3.05, 3.63) is 149 Å². The average molecular weight is 439 g/mol. The van der Waals surface area contributed by atoms with Crippen molar-refractivity contribution >= 4 is 16.7 Å². The maximum absolute atomic E-state index is 13.9. The average Bonchev–Trinajstić information content (AvgIpc) is 3.25. The van der Waals surface area contributed by atoms with Gasteiger partial charge < -0.3 is 0 Å². The zero-order valence-electron chi connectivity index (χ0n) is 17.2. The third-order valence-corrected chi connectivity index (χ3v) is 8.51. The van der Waals surface area contributed by atoms with Crippen LogP contribution in [0.2, 0.25) is 0 Å². The standard InChI is InChI=1S/C29H20F2S/c30-24-15-11-21(12-16-24)27-28(22-13-17-25(31)18-14-22)19-26(20-7-3-1-4-8-20)32-29(27,28)23-9-5-2-6-10-23/h1-19,27H. The summed E-state index contributed by atoms with van der Waals surface area (Å²) in [4.78, 5) is 1.22. The first kappa shape index (κ1) is 19.5. The van der Waals surface area contributed by atoms with Gasteiger partial charge in [0.25, 0.3) is 0 Å². The molecule has 32 heavy (non-hydrogen) atoms. The van der Waals surface area contributed by atoms with Crippen LogP contribution in [0.15, 0.2) is 115 Å². The van der Waals surface area contributed by atoms with Crippen LogP contribution in [-0.2, 0) is 10.2 Å². The van der Waals surface area contributed by atoms with E-state index in [9.17, 15) is 8.78 Å². The molecule has 4 aromatic carbocycles. The highest BCUT2D eigenvalue weighted by atomic mass is 32.2. The van der Waals surface area contributed by atoms with Crippen molar-refractivity contribution in [3.8, 4) is 0 Å². The van der Waals surface area contributed by atoms with Gasteiger partial charge in [0.2, 0.25) is 0 Å². The van der Waals surface area contributed by atoms with Crippen molar-refractivity contribution in [1.29, 1.82) is 0 Å². The van der Waals surface area contributed by atoms with Gasteiger partial charge in [-0.15, -0.1) is 11.8 Å². The van der Waals surface area contributed by atoms with Crippen LogP contribution in [0.1, 0.15) is 28.2 Å². The summed E-state index contributed by atoms with van der Waals surface area (Å²) < 4.78 is 27.4. The van der Waals surface area contributed by atoms with Crippen LogP contribution in [0.4, 0.5) is 8.78 Å². The number of benzene rings is 4. The second-order valence-electron chi connectivity index (χ2n) is 8.44. The summed E-state index contributed by atoms with van der Waals surface area (Å²) in [5.74, 6) is -0.370. The minimum Gasteiger partial charge on any atom is -0.207 e. The van der Waals surface area contributed by atoms with E-state index in [-0.39, 0.29) is 27.7 Å². The van der Waals surface area contributed by atoms with Gasteiger partial charge in [-0.2, -0.15) is 0 Å². The van der Waals surface area contributed by atoms with Crippen LogP contribution in [0.25, 0.3) is 4.91 Å². The van der Waals surface area contributed by atoms with Crippen molar-refractivity contribution in [2.24, 2.45) is 0 Å². The van der Waals surface area contributed by atoms with E-state index in [0.29, 0.717) is 0 Å². The van der Waals surface area contributed by atoms with E-state index >= 15 is 0 Å². The number of hydrogen-bond donors (Lipinski definition) is 0. The molecule has 1 aliphatic carbocycles. The molecule has 1 heterocycles. The largest absolute Gasteiger partial charge is 0.207 e. The molecule has 1 aliphatic heterocycles. The molecule has 0 radical (unpaired) electrons. The Bertz CT molecular complexity index is 1300. The van der Waals surface area contributed by atoms with Crippen molar-refractivity contribution in [2.75, 3.05) is 0 Å². The number of halogens is 2. The van der Waals surface area contributed by atoms with Crippen LogP contribution in [-0.4, -0.2) is 0 Å². The zero-order chi connectivity index (χ0) is 21.8. The fourth-order valence-electron chi connectivity index (χ4n) is 5.45. The molecule has 0 bridgehead atoms. The van der Waals surface area contributed by atoms with E-state index in [4.69, 9.17) is 0 Å². The summed E-state index contributed by atoms with van der Waals surface area (Å²) in [7, 11) is 0. The molecule has 3 atom stereocenters. The summed E-state index contributed by atoms with van der Waals surface area (Å²) >= 11 is 1.87. The first-order valence-corrected chi connectivity index (χ1v) is 11.5. The molecule has 0 spiro atoms. The molecule has 3 heteroatoms. The minimum atomic E-state index is -0.351. The first-order valence-electron chi connectivity index (χ1n) is 10.7. The van der Waals surface area contributed by atoms with Crippen molar-refractivity contribution in [1.82, 2.24) is 0 Å². The van der Waals surface area contributed by atoms with Gasteiger partial charge in [0.15, 0.2) is 0 Å². The molecule has 0 aromatic heterocycles. The molecule has 3 unspecified atom stereocenters. The normalized spacial score (nSPS) is 25.8. The molecule has 156 valence electrons. The quantitative estimate of drug-likeness (QED) is 0.315. The highest BCUT2D eigenvalue weighted by Gasteiger charge is 2.80. The first-order chi connectivity index (χ1) is 15.6. The van der Waals surface area contributed by atoms with Crippen molar-refractivity contribution < 1.29 is 8.78 Å². The Kier molecular flexibility index (Phi) is 4.38. The Morgan fingerprint density at radius 1 is 0.594 bits per heavy atom. The highest BCUT2D eigenvalue weighted by molar-refractivity contribution is 8.10. The van der Waals surface area contributed by atoms with Crippen LogP contribution >= 0.6 is 11.8 Å². The number of rotatable bonds is 4. The van der Waals surface area contributed by atoms with E-state index in [1.165, 1.54) is 28.2 Å². The van der Waals surface area contributed by atoms with Crippen LogP contribution in [0.5, 0.6) is 0 Å². The van der Waals surface area contributed by atoms with E-state index in [2.05, 4.69) is 54.6 Å². The lowest BCUT2D eigenvalue weighted by molar-refractivity contribution is 0.625. The Balaban J connectivity index is 1.61. The van der Waals surface area contributed by atoms with Gasteiger partial charge in [-0.05, 0) is 46.5 Å². The predicted octanol–water partition coefficient (Wildman–Crippen LogP) is 7.68. The van der Waals surface area contributed by atoms with Crippen molar-refractivity contribution in [3.63, 3.8) is 0 Å². The molecule has 0 N–H and O–H groups in total. The van der Waals surface area contributed by atoms with E-state index < -0.39 is 0 Å². The topological polar surface area (TPSA) is 0 Å². The smallest absolute Gasteiger partial charge is 0.123 e. The Hall–Kier alpha value is -3.17. The molecule has 1 saturated carbocycles. The number of hydrogen-bond acceptors (Lipinski definition) is 1. The van der Waals surface area contributed by atoms with Crippen molar-refractivity contribution in [2.45, 2.75) is 16.1 Å². The fraction of sp³-hybridized carbons (Fsp3) is 0.103. The van der Waals surface area contributed by atoms with Gasteiger partial charge in [-0.1, -0.05) is 91.0 Å². The second-order valence-corrected chi connectivity index (χ2v) is 9.73. The zero-order valence-corrected chi connectivity index (χ0v) is 18.0. The summed E-state index contributed by atoms with van der Waals surface area (Å²) in [6.45, 7) is 0. The lowest BCUT2D eigenvalue weighted by Gasteiger charge is -2.19. The van der Waals surface area contributed by atoms with E-state index in [1.54, 1.807) is 12.1 Å². The Morgan fingerprint density at radius 2 is 1.16 bits per heavy atom. The number of allylic oxidation sites excluding steroid dienone is 1. The van der Waals surface area contributed by atoms with Gasteiger partial charge in [-0.3, -0.25) is 0 Å². The maximum atomic E-state index is 13.9. The maximum Gasteiger partial charge on any atom is 0.123 e. The second kappa shape index (κ2) is 7.18. The lowest BCUT2D eigenvalue weighted by atomic mass is 9.87. The molecule has 1 fully saturated rings. The molecule has 0 amide bonds. The number of thioether (sulfide) groups is 1.